The number of allylic oxidation sites excluding steroid dienone is 1. The van der Waals surface area contributed by atoms with E-state index in [0.29, 0.717) is 16.7 Å². The van der Waals surface area contributed by atoms with Crippen LogP contribution in [0.25, 0.3) is 5.76 Å². The third kappa shape index (κ3) is 1.67. The molecule has 3 heteroatoms. The zero-order valence-electron chi connectivity index (χ0n) is 10.1. The second-order valence-corrected chi connectivity index (χ2v) is 4.34. The first kappa shape index (κ1) is 11.4. The van der Waals surface area contributed by atoms with Gasteiger partial charge in [0.2, 0.25) is 0 Å². The Morgan fingerprint density at radius 2 is 1.47 bits per heavy atom. The SMILES string of the molecule is N=C1/C(=C(/O)c2ccccc2)C(=O)c2ccccc21. The summed E-state index contributed by atoms with van der Waals surface area (Å²) in [5.41, 5.74) is 1.76. The first-order valence-corrected chi connectivity index (χ1v) is 5.92. The van der Waals surface area contributed by atoms with Crippen LogP contribution >= 0.6 is 0 Å². The van der Waals surface area contributed by atoms with Crippen molar-refractivity contribution < 1.29 is 9.90 Å². The fourth-order valence-electron chi connectivity index (χ4n) is 2.25. The Bertz CT molecular complexity index is 678. The summed E-state index contributed by atoms with van der Waals surface area (Å²) in [6.07, 6.45) is 0. The third-order valence-electron chi connectivity index (χ3n) is 3.20. The van der Waals surface area contributed by atoms with Crippen molar-refractivity contribution in [3.8, 4) is 0 Å². The molecule has 0 aliphatic heterocycles. The first-order valence-electron chi connectivity index (χ1n) is 5.92. The van der Waals surface area contributed by atoms with E-state index < -0.39 is 0 Å². The lowest BCUT2D eigenvalue weighted by Crippen LogP contribution is -2.05. The van der Waals surface area contributed by atoms with Crippen LogP contribution in [0.15, 0.2) is 60.2 Å². The number of benzene rings is 2. The quantitative estimate of drug-likeness (QED) is 0.602. The minimum Gasteiger partial charge on any atom is -0.506 e. The van der Waals surface area contributed by atoms with Gasteiger partial charge in [-0.05, 0) is 0 Å². The second-order valence-electron chi connectivity index (χ2n) is 4.34. The summed E-state index contributed by atoms with van der Waals surface area (Å²) in [4.78, 5) is 12.3. The lowest BCUT2D eigenvalue weighted by molar-refractivity contribution is 0.104. The number of carbonyl (C=O) groups excluding carboxylic acids is 1. The van der Waals surface area contributed by atoms with E-state index in [1.54, 1.807) is 48.5 Å². The molecular formula is C16H11NO2. The molecule has 2 aromatic rings. The lowest BCUT2D eigenvalue weighted by atomic mass is 10.0. The van der Waals surface area contributed by atoms with Crippen LogP contribution < -0.4 is 0 Å². The molecule has 1 aliphatic rings. The highest BCUT2D eigenvalue weighted by atomic mass is 16.3. The summed E-state index contributed by atoms with van der Waals surface area (Å²) < 4.78 is 0. The average Bonchev–Trinajstić information content (AvgIpc) is 2.72. The molecule has 0 spiro atoms. The molecule has 3 rings (SSSR count). The maximum Gasteiger partial charge on any atom is 0.199 e. The zero-order chi connectivity index (χ0) is 13.4. The van der Waals surface area contributed by atoms with Gasteiger partial charge in [-0.2, -0.15) is 0 Å². The molecule has 0 fully saturated rings. The summed E-state index contributed by atoms with van der Waals surface area (Å²) in [7, 11) is 0. The van der Waals surface area contributed by atoms with Crippen LogP contribution in [0, 0.1) is 5.41 Å². The lowest BCUT2D eigenvalue weighted by Gasteiger charge is -2.03. The van der Waals surface area contributed by atoms with Crippen molar-refractivity contribution in [2.24, 2.45) is 0 Å². The van der Waals surface area contributed by atoms with Crippen molar-refractivity contribution in [1.82, 2.24) is 0 Å². The van der Waals surface area contributed by atoms with Gasteiger partial charge in [0.15, 0.2) is 5.78 Å². The van der Waals surface area contributed by atoms with Crippen LogP contribution in [0.4, 0.5) is 0 Å². The monoisotopic (exact) mass is 249 g/mol. The van der Waals surface area contributed by atoms with Gasteiger partial charge >= 0.3 is 0 Å². The molecular weight excluding hydrogens is 238 g/mol. The minimum absolute atomic E-state index is 0.0763. The van der Waals surface area contributed by atoms with Crippen LogP contribution in [-0.2, 0) is 0 Å². The van der Waals surface area contributed by atoms with Crippen molar-refractivity contribution in [2.45, 2.75) is 0 Å². The highest BCUT2D eigenvalue weighted by molar-refractivity contribution is 6.42. The highest BCUT2D eigenvalue weighted by Crippen LogP contribution is 2.30. The number of carbonyl (C=O) groups is 1. The maximum atomic E-state index is 12.3. The van der Waals surface area contributed by atoms with E-state index in [4.69, 9.17) is 5.41 Å². The van der Waals surface area contributed by atoms with E-state index >= 15 is 0 Å². The molecule has 1 aliphatic carbocycles. The van der Waals surface area contributed by atoms with Crippen molar-refractivity contribution in [2.75, 3.05) is 0 Å². The van der Waals surface area contributed by atoms with Gasteiger partial charge in [0.05, 0.1) is 11.3 Å². The predicted molar refractivity (Wildman–Crippen MR) is 73.6 cm³/mol. The molecule has 0 unspecified atom stereocenters. The van der Waals surface area contributed by atoms with Crippen LogP contribution in [0.2, 0.25) is 0 Å². The van der Waals surface area contributed by atoms with Crippen LogP contribution in [0.3, 0.4) is 0 Å². The number of fused-ring (bicyclic) bond motifs is 1. The molecule has 0 atom stereocenters. The number of rotatable bonds is 1. The Kier molecular flexibility index (Phi) is 2.53. The van der Waals surface area contributed by atoms with Crippen molar-refractivity contribution in [3.63, 3.8) is 0 Å². The van der Waals surface area contributed by atoms with Gasteiger partial charge in [-0.25, -0.2) is 0 Å². The second kappa shape index (κ2) is 4.21. The van der Waals surface area contributed by atoms with Gasteiger partial charge in [-0.3, -0.25) is 10.2 Å². The number of Topliss-reactive ketones (excluding diaryl/α,β-unsaturated/α-hetero) is 1. The minimum atomic E-state index is -0.290. The van der Waals surface area contributed by atoms with E-state index in [1.165, 1.54) is 0 Å². The molecule has 0 radical (unpaired) electrons. The third-order valence-corrected chi connectivity index (χ3v) is 3.20. The van der Waals surface area contributed by atoms with E-state index in [9.17, 15) is 9.90 Å². The standard InChI is InChI=1S/C16H11NO2/c17-14-11-8-4-5-9-12(11)16(19)13(14)15(18)10-6-2-1-3-7-10/h1-9,17-18H/b15-13-,17-14?. The molecule has 2 aromatic carbocycles. The summed E-state index contributed by atoms with van der Waals surface area (Å²) in [6.45, 7) is 0. The van der Waals surface area contributed by atoms with Crippen LogP contribution in [0.5, 0.6) is 0 Å². The van der Waals surface area contributed by atoms with Gasteiger partial charge in [0, 0.05) is 16.7 Å². The Labute approximate surface area is 110 Å². The molecule has 2 N–H and O–H groups in total. The molecule has 0 aromatic heterocycles. The summed E-state index contributed by atoms with van der Waals surface area (Å²) in [6, 6.07) is 15.8. The van der Waals surface area contributed by atoms with Crippen molar-refractivity contribution >= 4 is 17.3 Å². The molecule has 0 saturated carbocycles. The predicted octanol–water partition coefficient (Wildman–Crippen LogP) is 3.22. The number of ketones is 1. The number of aliphatic hydroxyl groups is 1. The van der Waals surface area contributed by atoms with Crippen molar-refractivity contribution in [1.29, 1.82) is 5.41 Å². The molecule has 0 saturated heterocycles. The smallest absolute Gasteiger partial charge is 0.199 e. The number of aliphatic hydroxyl groups excluding tert-OH is 1. The van der Waals surface area contributed by atoms with Gasteiger partial charge in [-0.1, -0.05) is 54.6 Å². The fourth-order valence-corrected chi connectivity index (χ4v) is 2.25. The summed E-state index contributed by atoms with van der Waals surface area (Å²) in [5.74, 6) is -0.422. The molecule has 0 heterocycles. The molecule has 19 heavy (non-hydrogen) atoms. The van der Waals surface area contributed by atoms with E-state index in [2.05, 4.69) is 0 Å². The highest BCUT2D eigenvalue weighted by Gasteiger charge is 2.32. The largest absolute Gasteiger partial charge is 0.506 e. The van der Waals surface area contributed by atoms with E-state index in [0.717, 1.165) is 0 Å². The Balaban J connectivity index is 2.19. The normalized spacial score (nSPS) is 16.4. The summed E-state index contributed by atoms with van der Waals surface area (Å²) in [5, 5.41) is 18.3. The Morgan fingerprint density at radius 3 is 2.11 bits per heavy atom. The van der Waals surface area contributed by atoms with Gasteiger partial charge < -0.3 is 5.11 Å². The van der Waals surface area contributed by atoms with Gasteiger partial charge in [0.1, 0.15) is 5.76 Å². The van der Waals surface area contributed by atoms with Crippen LogP contribution in [-0.4, -0.2) is 16.6 Å². The van der Waals surface area contributed by atoms with Gasteiger partial charge in [0.25, 0.3) is 0 Å². The number of nitrogens with one attached hydrogen (secondary N) is 1. The molecule has 92 valence electrons. The summed E-state index contributed by atoms with van der Waals surface area (Å²) >= 11 is 0. The van der Waals surface area contributed by atoms with Gasteiger partial charge in [-0.15, -0.1) is 0 Å². The van der Waals surface area contributed by atoms with E-state index in [1.807, 2.05) is 6.07 Å². The number of hydrogen-bond acceptors (Lipinski definition) is 3. The van der Waals surface area contributed by atoms with Crippen molar-refractivity contribution in [3.05, 3.63) is 76.9 Å². The zero-order valence-corrected chi connectivity index (χ0v) is 10.1. The molecule has 0 bridgehead atoms. The topological polar surface area (TPSA) is 61.1 Å². The van der Waals surface area contributed by atoms with E-state index in [-0.39, 0.29) is 22.8 Å². The van der Waals surface area contributed by atoms with Crippen LogP contribution in [0.1, 0.15) is 21.5 Å². The maximum absolute atomic E-state index is 12.3. The average molecular weight is 249 g/mol. The Hall–Kier alpha value is -2.68. The number of hydrogen-bond donors (Lipinski definition) is 2. The molecule has 0 amide bonds. The molecule has 3 nitrogen and oxygen atoms in total. The first-order chi connectivity index (χ1) is 9.20. The fraction of sp³-hybridized carbons (Fsp3) is 0. The Morgan fingerprint density at radius 1 is 0.895 bits per heavy atom.